The summed E-state index contributed by atoms with van der Waals surface area (Å²) in [5, 5.41) is 3.54. The van der Waals surface area contributed by atoms with Gasteiger partial charge in [0.05, 0.1) is 0 Å². The molecule has 2 heteroatoms. The zero-order valence-corrected chi connectivity index (χ0v) is 9.78. The first-order valence-electron chi connectivity index (χ1n) is 5.37. The first kappa shape index (κ1) is 11.0. The van der Waals surface area contributed by atoms with E-state index in [0.29, 0.717) is 5.54 Å². The van der Waals surface area contributed by atoms with Crippen LogP contribution in [0.1, 0.15) is 41.0 Å². The summed E-state index contributed by atoms with van der Waals surface area (Å²) in [5.41, 5.74) is 0.643. The number of nitrogens with one attached hydrogen (secondary N) is 1. The summed E-state index contributed by atoms with van der Waals surface area (Å²) >= 11 is 0. The van der Waals surface area contributed by atoms with Crippen LogP contribution in [0.4, 0.5) is 0 Å². The molecule has 0 unspecified atom stereocenters. The topological polar surface area (TPSA) is 15.3 Å². The van der Waals surface area contributed by atoms with Crippen molar-refractivity contribution in [2.45, 2.75) is 52.1 Å². The van der Waals surface area contributed by atoms with Crippen LogP contribution in [-0.2, 0) is 0 Å². The van der Waals surface area contributed by atoms with Crippen LogP contribution in [0.3, 0.4) is 0 Å². The molecule has 0 amide bonds. The maximum Gasteiger partial charge on any atom is 0.0252 e. The summed E-state index contributed by atoms with van der Waals surface area (Å²) in [6.45, 7) is 15.0. The lowest BCUT2D eigenvalue weighted by atomic mass is 9.93. The van der Waals surface area contributed by atoms with Crippen LogP contribution >= 0.6 is 0 Å². The summed E-state index contributed by atoms with van der Waals surface area (Å²) < 4.78 is 0. The monoisotopic (exact) mass is 184 g/mol. The molecule has 0 saturated carbocycles. The summed E-state index contributed by atoms with van der Waals surface area (Å²) in [7, 11) is 0. The summed E-state index contributed by atoms with van der Waals surface area (Å²) in [4.78, 5) is 2.60. The van der Waals surface area contributed by atoms with Gasteiger partial charge in [-0.2, -0.15) is 0 Å². The number of nitrogens with zero attached hydrogens (tertiary/aromatic N) is 1. The van der Waals surface area contributed by atoms with Crippen molar-refractivity contribution in [3.05, 3.63) is 0 Å². The molecule has 0 bridgehead atoms. The Morgan fingerprint density at radius 3 is 2.46 bits per heavy atom. The molecule has 1 aliphatic rings. The van der Waals surface area contributed by atoms with Gasteiger partial charge in [-0.05, 0) is 34.1 Å². The minimum atomic E-state index is 0.282. The van der Waals surface area contributed by atoms with E-state index in [-0.39, 0.29) is 5.54 Å². The second-order valence-electron chi connectivity index (χ2n) is 5.40. The molecule has 0 spiro atoms. The van der Waals surface area contributed by atoms with E-state index in [1.807, 2.05) is 0 Å². The summed E-state index contributed by atoms with van der Waals surface area (Å²) in [6, 6.07) is 0. The fraction of sp³-hybridized carbons (Fsp3) is 1.00. The third kappa shape index (κ3) is 2.68. The largest absolute Gasteiger partial charge is 0.309 e. The Balaban J connectivity index is 2.61. The van der Waals surface area contributed by atoms with Crippen LogP contribution in [0.25, 0.3) is 0 Å². The molecule has 0 radical (unpaired) electrons. The molecule has 1 heterocycles. The van der Waals surface area contributed by atoms with Crippen LogP contribution in [0.2, 0.25) is 0 Å². The zero-order chi connectivity index (χ0) is 10.1. The Bertz CT molecular complexity index is 173. The van der Waals surface area contributed by atoms with E-state index < -0.39 is 0 Å². The third-order valence-electron chi connectivity index (χ3n) is 3.29. The second-order valence-corrected chi connectivity index (χ2v) is 5.40. The smallest absolute Gasteiger partial charge is 0.0252 e. The van der Waals surface area contributed by atoms with Gasteiger partial charge in [-0.15, -0.1) is 0 Å². The van der Waals surface area contributed by atoms with Crippen LogP contribution in [0.15, 0.2) is 0 Å². The Kier molecular flexibility index (Phi) is 3.03. The van der Waals surface area contributed by atoms with E-state index in [1.165, 1.54) is 13.0 Å². The fourth-order valence-electron chi connectivity index (χ4n) is 1.88. The van der Waals surface area contributed by atoms with Gasteiger partial charge in [0.15, 0.2) is 0 Å². The molecule has 1 saturated heterocycles. The lowest BCUT2D eigenvalue weighted by Crippen LogP contribution is -2.61. The number of hydrogen-bond donors (Lipinski definition) is 1. The van der Waals surface area contributed by atoms with Crippen LogP contribution < -0.4 is 5.32 Å². The van der Waals surface area contributed by atoms with E-state index in [4.69, 9.17) is 0 Å². The summed E-state index contributed by atoms with van der Waals surface area (Å²) in [5.74, 6) is 0. The molecule has 78 valence electrons. The van der Waals surface area contributed by atoms with Crippen molar-refractivity contribution in [2.75, 3.05) is 19.6 Å². The predicted octanol–water partition coefficient (Wildman–Crippen LogP) is 1.86. The Morgan fingerprint density at radius 2 is 2.00 bits per heavy atom. The lowest BCUT2D eigenvalue weighted by molar-refractivity contribution is 0.0553. The SMILES string of the molecule is CCC(C)(C)N1CCNC(C)(C)C1. The number of piperazine rings is 1. The van der Waals surface area contributed by atoms with E-state index in [9.17, 15) is 0 Å². The van der Waals surface area contributed by atoms with Gasteiger partial charge in [-0.1, -0.05) is 6.92 Å². The van der Waals surface area contributed by atoms with Crippen molar-refractivity contribution in [1.82, 2.24) is 10.2 Å². The molecule has 0 aromatic rings. The molecule has 0 aromatic carbocycles. The molecule has 1 aliphatic heterocycles. The molecule has 1 rings (SSSR count). The third-order valence-corrected chi connectivity index (χ3v) is 3.29. The van der Waals surface area contributed by atoms with Crippen LogP contribution in [-0.4, -0.2) is 35.6 Å². The molecule has 2 nitrogen and oxygen atoms in total. The second kappa shape index (κ2) is 3.58. The molecule has 1 N–H and O–H groups in total. The molecule has 1 fully saturated rings. The molecule has 0 aromatic heterocycles. The average molecular weight is 184 g/mol. The highest BCUT2D eigenvalue weighted by atomic mass is 15.3. The quantitative estimate of drug-likeness (QED) is 0.704. The fourth-order valence-corrected chi connectivity index (χ4v) is 1.88. The van der Waals surface area contributed by atoms with E-state index >= 15 is 0 Å². The summed E-state index contributed by atoms with van der Waals surface area (Å²) in [6.07, 6.45) is 1.23. The minimum absolute atomic E-state index is 0.282. The van der Waals surface area contributed by atoms with Crippen LogP contribution in [0, 0.1) is 0 Å². The maximum atomic E-state index is 3.54. The normalized spacial score (nSPS) is 24.7. The number of hydrogen-bond acceptors (Lipinski definition) is 2. The molecular formula is C11H24N2. The lowest BCUT2D eigenvalue weighted by Gasteiger charge is -2.47. The molecule has 13 heavy (non-hydrogen) atoms. The minimum Gasteiger partial charge on any atom is -0.309 e. The van der Waals surface area contributed by atoms with Gasteiger partial charge in [-0.3, -0.25) is 4.90 Å². The highest BCUT2D eigenvalue weighted by Gasteiger charge is 2.33. The van der Waals surface area contributed by atoms with Gasteiger partial charge < -0.3 is 5.32 Å². The van der Waals surface area contributed by atoms with Gasteiger partial charge in [0.25, 0.3) is 0 Å². The maximum absolute atomic E-state index is 3.54. The molecule has 0 aliphatic carbocycles. The number of rotatable bonds is 2. The van der Waals surface area contributed by atoms with Crippen molar-refractivity contribution in [3.63, 3.8) is 0 Å². The van der Waals surface area contributed by atoms with E-state index in [2.05, 4.69) is 44.8 Å². The highest BCUT2D eigenvalue weighted by molar-refractivity contribution is 4.92. The van der Waals surface area contributed by atoms with Crippen LogP contribution in [0.5, 0.6) is 0 Å². The van der Waals surface area contributed by atoms with Crippen molar-refractivity contribution < 1.29 is 0 Å². The van der Waals surface area contributed by atoms with Gasteiger partial charge in [-0.25, -0.2) is 0 Å². The molecule has 0 atom stereocenters. The first-order chi connectivity index (χ1) is 5.87. The first-order valence-corrected chi connectivity index (χ1v) is 5.37. The Morgan fingerprint density at radius 1 is 1.38 bits per heavy atom. The van der Waals surface area contributed by atoms with Gasteiger partial charge in [0.1, 0.15) is 0 Å². The highest BCUT2D eigenvalue weighted by Crippen LogP contribution is 2.22. The van der Waals surface area contributed by atoms with Gasteiger partial charge in [0.2, 0.25) is 0 Å². The average Bonchev–Trinajstić information content (AvgIpc) is 2.03. The van der Waals surface area contributed by atoms with Gasteiger partial charge in [0, 0.05) is 30.7 Å². The van der Waals surface area contributed by atoms with Crippen molar-refractivity contribution in [2.24, 2.45) is 0 Å². The standard InChI is InChI=1S/C11H24N2/c1-6-11(4,5)13-8-7-12-10(2,3)9-13/h12H,6-9H2,1-5H3. The van der Waals surface area contributed by atoms with Crippen molar-refractivity contribution >= 4 is 0 Å². The predicted molar refractivity (Wildman–Crippen MR) is 58.0 cm³/mol. The Labute approximate surface area is 82.7 Å². The molecular weight excluding hydrogens is 160 g/mol. The van der Waals surface area contributed by atoms with E-state index in [1.54, 1.807) is 0 Å². The zero-order valence-electron chi connectivity index (χ0n) is 9.78. The van der Waals surface area contributed by atoms with Crippen molar-refractivity contribution in [1.29, 1.82) is 0 Å². The Hall–Kier alpha value is -0.0800. The van der Waals surface area contributed by atoms with Crippen molar-refractivity contribution in [3.8, 4) is 0 Å². The van der Waals surface area contributed by atoms with Gasteiger partial charge >= 0.3 is 0 Å². The van der Waals surface area contributed by atoms with E-state index in [0.717, 1.165) is 13.1 Å².